The highest BCUT2D eigenvalue weighted by atomic mass is 32.2. The maximum absolute atomic E-state index is 12.8. The highest BCUT2D eigenvalue weighted by molar-refractivity contribution is 7.92. The quantitative estimate of drug-likeness (QED) is 0.761. The number of carbonyl (C=O) groups is 1. The third kappa shape index (κ3) is 4.85. The third-order valence-corrected chi connectivity index (χ3v) is 5.59. The summed E-state index contributed by atoms with van der Waals surface area (Å²) in [6.07, 6.45) is 2.63. The summed E-state index contributed by atoms with van der Waals surface area (Å²) in [4.78, 5) is 14.2. The van der Waals surface area contributed by atoms with Crippen LogP contribution in [0.3, 0.4) is 0 Å². The van der Waals surface area contributed by atoms with Gasteiger partial charge in [0.25, 0.3) is 15.9 Å². The number of para-hydroxylation sites is 1. The van der Waals surface area contributed by atoms with Crippen LogP contribution in [0.15, 0.2) is 53.4 Å². The zero-order valence-corrected chi connectivity index (χ0v) is 16.3. The topological polar surface area (TPSA) is 66.5 Å². The van der Waals surface area contributed by atoms with E-state index in [1.165, 1.54) is 12.1 Å². The Hall–Kier alpha value is -2.34. The summed E-state index contributed by atoms with van der Waals surface area (Å²) in [7, 11) is -2.03. The number of anilines is 1. The highest BCUT2D eigenvalue weighted by Crippen LogP contribution is 2.21. The van der Waals surface area contributed by atoms with Crippen LogP contribution in [0.1, 0.15) is 42.6 Å². The Bertz CT molecular complexity index is 863. The van der Waals surface area contributed by atoms with E-state index in [0.29, 0.717) is 17.8 Å². The van der Waals surface area contributed by atoms with Crippen LogP contribution in [0.2, 0.25) is 0 Å². The molecule has 26 heavy (non-hydrogen) atoms. The molecule has 0 aliphatic rings. The van der Waals surface area contributed by atoms with Crippen LogP contribution < -0.4 is 4.72 Å². The van der Waals surface area contributed by atoms with Gasteiger partial charge in [0.05, 0.1) is 10.6 Å². The van der Waals surface area contributed by atoms with E-state index in [2.05, 4.69) is 11.6 Å². The molecule has 0 spiro atoms. The van der Waals surface area contributed by atoms with Gasteiger partial charge in [-0.1, -0.05) is 44.5 Å². The van der Waals surface area contributed by atoms with Gasteiger partial charge in [-0.3, -0.25) is 9.52 Å². The first-order valence-electron chi connectivity index (χ1n) is 8.85. The van der Waals surface area contributed by atoms with Crippen molar-refractivity contribution in [3.05, 3.63) is 59.7 Å². The first-order valence-corrected chi connectivity index (χ1v) is 10.3. The fourth-order valence-corrected chi connectivity index (χ4v) is 3.79. The lowest BCUT2D eigenvalue weighted by atomic mass is 10.1. The maximum Gasteiger partial charge on any atom is 0.261 e. The summed E-state index contributed by atoms with van der Waals surface area (Å²) in [6.45, 7) is 4.68. The number of carbonyl (C=O) groups excluding carboxylic acids is 1. The summed E-state index contributed by atoms with van der Waals surface area (Å²) in [5.41, 5.74) is 1.85. The Kier molecular flexibility index (Phi) is 6.80. The lowest BCUT2D eigenvalue weighted by Gasteiger charge is -2.17. The minimum atomic E-state index is -3.77. The number of benzene rings is 2. The summed E-state index contributed by atoms with van der Waals surface area (Å²) in [6, 6.07) is 13.5. The maximum atomic E-state index is 12.8. The van der Waals surface area contributed by atoms with Crippen molar-refractivity contribution in [2.75, 3.05) is 18.3 Å². The molecule has 6 heteroatoms. The average molecular weight is 375 g/mol. The number of hydrogen-bond donors (Lipinski definition) is 1. The van der Waals surface area contributed by atoms with Crippen molar-refractivity contribution in [3.63, 3.8) is 0 Å². The zero-order chi connectivity index (χ0) is 19.2. The molecule has 1 amide bonds. The third-order valence-electron chi connectivity index (χ3n) is 4.23. The molecule has 1 N–H and O–H groups in total. The smallest absolute Gasteiger partial charge is 0.261 e. The second kappa shape index (κ2) is 8.85. The van der Waals surface area contributed by atoms with E-state index in [9.17, 15) is 13.2 Å². The molecular formula is C20H26N2O3S. The number of amides is 1. The van der Waals surface area contributed by atoms with Crippen molar-refractivity contribution in [1.29, 1.82) is 0 Å². The minimum Gasteiger partial charge on any atom is -0.342 e. The van der Waals surface area contributed by atoms with Gasteiger partial charge >= 0.3 is 0 Å². The molecule has 140 valence electrons. The summed E-state index contributed by atoms with van der Waals surface area (Å²) in [5.74, 6) is -0.176. The molecule has 0 bridgehead atoms. The van der Waals surface area contributed by atoms with Gasteiger partial charge < -0.3 is 4.90 Å². The Morgan fingerprint density at radius 3 is 2.50 bits per heavy atom. The molecule has 0 aliphatic carbocycles. The minimum absolute atomic E-state index is 0.0816. The van der Waals surface area contributed by atoms with E-state index in [1.807, 2.05) is 19.1 Å². The molecule has 0 heterocycles. The number of nitrogens with zero attached hydrogens (tertiary/aromatic N) is 1. The highest BCUT2D eigenvalue weighted by Gasteiger charge is 2.19. The van der Waals surface area contributed by atoms with E-state index < -0.39 is 10.0 Å². The van der Waals surface area contributed by atoms with E-state index in [1.54, 1.807) is 36.2 Å². The Morgan fingerprint density at radius 1 is 1.08 bits per heavy atom. The van der Waals surface area contributed by atoms with Crippen molar-refractivity contribution in [2.24, 2.45) is 0 Å². The van der Waals surface area contributed by atoms with Crippen molar-refractivity contribution < 1.29 is 13.2 Å². The normalized spacial score (nSPS) is 11.2. The second-order valence-corrected chi connectivity index (χ2v) is 7.91. The number of hydrogen-bond acceptors (Lipinski definition) is 3. The largest absolute Gasteiger partial charge is 0.342 e. The molecular weight excluding hydrogens is 348 g/mol. The molecule has 0 atom stereocenters. The Balaban J connectivity index is 2.26. The number of nitrogens with one attached hydrogen (secondary N) is 1. The van der Waals surface area contributed by atoms with Crippen molar-refractivity contribution in [1.82, 2.24) is 4.90 Å². The molecule has 0 saturated heterocycles. The molecule has 0 aromatic heterocycles. The summed E-state index contributed by atoms with van der Waals surface area (Å²) in [5, 5.41) is 0. The Morgan fingerprint density at radius 2 is 1.81 bits per heavy atom. The molecule has 2 aromatic carbocycles. The lowest BCUT2D eigenvalue weighted by Crippen LogP contribution is -2.28. The van der Waals surface area contributed by atoms with Gasteiger partial charge in [-0.2, -0.15) is 0 Å². The van der Waals surface area contributed by atoms with Crippen LogP contribution in [0.25, 0.3) is 0 Å². The predicted octanol–water partition coefficient (Wildman–Crippen LogP) is 3.92. The average Bonchev–Trinajstić information content (AvgIpc) is 2.65. The van der Waals surface area contributed by atoms with Crippen LogP contribution in [0, 0.1) is 0 Å². The van der Waals surface area contributed by atoms with Crippen LogP contribution in [0.5, 0.6) is 0 Å². The molecule has 0 fully saturated rings. The van der Waals surface area contributed by atoms with Crippen LogP contribution in [0.4, 0.5) is 5.69 Å². The second-order valence-electron chi connectivity index (χ2n) is 6.22. The number of sulfonamides is 1. The van der Waals surface area contributed by atoms with E-state index in [-0.39, 0.29) is 10.8 Å². The monoisotopic (exact) mass is 374 g/mol. The standard InChI is InChI=1S/C20H26N2O3S/c1-4-6-14-22(3)20(23)17-11-9-12-18(15-17)26(24,25)21-19-13-8-7-10-16(19)5-2/h7-13,15,21H,4-6,14H2,1-3H3. The first kappa shape index (κ1) is 20.0. The van der Waals surface area contributed by atoms with E-state index in [4.69, 9.17) is 0 Å². The van der Waals surface area contributed by atoms with Gasteiger partial charge in [0.2, 0.25) is 0 Å². The number of rotatable bonds is 8. The molecule has 2 aromatic rings. The summed E-state index contributed by atoms with van der Waals surface area (Å²) >= 11 is 0. The predicted molar refractivity (Wildman–Crippen MR) is 105 cm³/mol. The molecule has 0 radical (unpaired) electrons. The van der Waals surface area contributed by atoms with Gasteiger partial charge in [-0.25, -0.2) is 8.42 Å². The van der Waals surface area contributed by atoms with Gasteiger partial charge in [0.1, 0.15) is 0 Å². The first-order chi connectivity index (χ1) is 12.4. The van der Waals surface area contributed by atoms with Gasteiger partial charge in [0.15, 0.2) is 0 Å². The van der Waals surface area contributed by atoms with Crippen molar-refractivity contribution in [3.8, 4) is 0 Å². The molecule has 0 unspecified atom stereocenters. The van der Waals surface area contributed by atoms with Crippen molar-refractivity contribution in [2.45, 2.75) is 38.0 Å². The van der Waals surface area contributed by atoms with E-state index >= 15 is 0 Å². The van der Waals surface area contributed by atoms with Gasteiger partial charge in [-0.15, -0.1) is 0 Å². The van der Waals surface area contributed by atoms with Gasteiger partial charge in [0, 0.05) is 19.2 Å². The van der Waals surface area contributed by atoms with E-state index in [0.717, 1.165) is 24.8 Å². The van der Waals surface area contributed by atoms with Gasteiger partial charge in [-0.05, 0) is 42.7 Å². The lowest BCUT2D eigenvalue weighted by molar-refractivity contribution is 0.0793. The molecule has 5 nitrogen and oxygen atoms in total. The number of unbranched alkanes of at least 4 members (excludes halogenated alkanes) is 1. The fourth-order valence-electron chi connectivity index (χ4n) is 2.65. The van der Waals surface area contributed by atoms with Crippen LogP contribution in [-0.2, 0) is 16.4 Å². The fraction of sp³-hybridized carbons (Fsp3) is 0.350. The Labute approximate surface area is 156 Å². The molecule has 0 aliphatic heterocycles. The number of aryl methyl sites for hydroxylation is 1. The summed E-state index contributed by atoms with van der Waals surface area (Å²) < 4.78 is 28.1. The zero-order valence-electron chi connectivity index (χ0n) is 15.5. The SMILES string of the molecule is CCCCN(C)C(=O)c1cccc(S(=O)(=O)Nc2ccccc2CC)c1. The van der Waals surface area contributed by atoms with Crippen LogP contribution in [-0.4, -0.2) is 32.8 Å². The molecule has 0 saturated carbocycles. The van der Waals surface area contributed by atoms with Crippen LogP contribution >= 0.6 is 0 Å². The molecule has 2 rings (SSSR count). The van der Waals surface area contributed by atoms with Crippen molar-refractivity contribution >= 4 is 21.6 Å².